The van der Waals surface area contributed by atoms with Crippen molar-refractivity contribution >= 4 is 97.8 Å². The van der Waals surface area contributed by atoms with Gasteiger partial charge in [0, 0.05) is 79.4 Å². The molecule has 0 saturated heterocycles. The number of halogens is 2. The Morgan fingerprint density at radius 3 is 2.17 bits per heavy atom. The minimum Gasteiger partial charge on any atom is -0.506 e. The summed E-state index contributed by atoms with van der Waals surface area (Å²) in [6.45, 7) is 21.4. The normalized spacial score (nSPS) is 12.0. The Morgan fingerprint density at radius 1 is 0.720 bits per heavy atom. The number of aromatic amines is 2. The van der Waals surface area contributed by atoms with Crippen molar-refractivity contribution in [3.8, 4) is 23.0 Å². The van der Waals surface area contributed by atoms with E-state index < -0.39 is 46.5 Å². The molecule has 0 radical (unpaired) electrons. The summed E-state index contributed by atoms with van der Waals surface area (Å²) in [6.07, 6.45) is 6.79. The Hall–Kier alpha value is -12.1. The van der Waals surface area contributed by atoms with E-state index in [1.54, 1.807) is 130 Å². The van der Waals surface area contributed by atoms with Crippen LogP contribution in [0.15, 0.2) is 166 Å². The first-order valence-corrected chi connectivity index (χ1v) is 40.1. The molecule has 0 bridgehead atoms. The second-order valence-electron chi connectivity index (χ2n) is 27.4. The van der Waals surface area contributed by atoms with E-state index >= 15 is 0 Å². The molecule has 12 rings (SSSR count). The van der Waals surface area contributed by atoms with Crippen molar-refractivity contribution in [2.75, 3.05) is 63.9 Å². The van der Waals surface area contributed by atoms with E-state index in [2.05, 4.69) is 57.8 Å². The maximum Gasteiger partial charge on any atom is 0.382 e. The Labute approximate surface area is 693 Å². The Morgan fingerprint density at radius 2 is 1.46 bits per heavy atom. The van der Waals surface area contributed by atoms with Gasteiger partial charge in [-0.1, -0.05) is 169 Å². The van der Waals surface area contributed by atoms with Crippen LogP contribution in [-0.2, 0) is 36.9 Å². The third-order valence-electron chi connectivity index (χ3n) is 18.2. The van der Waals surface area contributed by atoms with Gasteiger partial charge in [-0.3, -0.25) is 39.0 Å². The number of ether oxygens (including phenoxy) is 4. The number of benzene rings is 7. The van der Waals surface area contributed by atoms with Gasteiger partial charge in [-0.2, -0.15) is 18.0 Å². The highest BCUT2D eigenvalue weighted by atomic mass is 35.5. The number of rotatable bonds is 35. The zero-order chi connectivity index (χ0) is 85.1. The number of anilines is 2. The zero-order valence-corrected chi connectivity index (χ0v) is 69.7. The number of ketones is 1. The zero-order valence-electron chi connectivity index (χ0n) is 67.4. The first kappa shape index (κ1) is 89.9. The molecule has 4 unspecified atom stereocenters. The number of methoxy groups -OCH3 is 1. The molecule has 624 valence electrons. The number of aromatic nitrogens is 11. The molecule has 12 aromatic rings. The number of carbonyl (C=O) groups excluding carboxylic acids is 5. The number of phenolic OH excluding ortho intramolecular Hbond substituents is 1. The van der Waals surface area contributed by atoms with E-state index in [1.165, 1.54) is 27.6 Å². The summed E-state index contributed by atoms with van der Waals surface area (Å²) >= 11 is 10.6. The van der Waals surface area contributed by atoms with Crippen molar-refractivity contribution in [3.05, 3.63) is 255 Å². The largest absolute Gasteiger partial charge is 0.506 e. The van der Waals surface area contributed by atoms with Gasteiger partial charge in [0.15, 0.2) is 47.2 Å². The van der Waals surface area contributed by atoms with E-state index in [1.807, 2.05) is 72.7 Å². The Balaban J connectivity index is 0.000000199. The maximum absolute atomic E-state index is 13.7. The molecule has 0 aliphatic rings. The third kappa shape index (κ3) is 24.1. The van der Waals surface area contributed by atoms with Crippen LogP contribution < -0.4 is 56.1 Å². The van der Waals surface area contributed by atoms with Gasteiger partial charge < -0.3 is 49.0 Å². The van der Waals surface area contributed by atoms with E-state index in [9.17, 15) is 47.7 Å². The molecule has 4 atom stereocenters. The van der Waals surface area contributed by atoms with Crippen LogP contribution in [0, 0.1) is 41.5 Å². The molecule has 0 saturated carbocycles. The molecule has 0 fully saturated rings. The molecule has 0 aliphatic heterocycles. The topological polar surface area (TPSA) is 384 Å². The number of Topliss-reactive ketones (excluding diaryl/α,β-unsaturated/α-hetero) is 1. The Bertz CT molecular complexity index is 5660. The summed E-state index contributed by atoms with van der Waals surface area (Å²) < 4.78 is 48.7. The van der Waals surface area contributed by atoms with Gasteiger partial charge in [-0.25, -0.2) is 33.8 Å². The summed E-state index contributed by atoms with van der Waals surface area (Å²) in [7, 11) is 1.60. The Kier molecular flexibility index (Phi) is 33.3. The molecule has 31 nitrogen and oxygen atoms in total. The SMILES string of the molecule is CCCCCCC(Oc1ccc(C)cc1C)C(=O)Nc1ccc(OCCOCC)c(OS(=O)NCC(C)c2nc3c(Cl)c(C)[nH]n3n2)c1.CCOn1c(=O)n(C(C(=O)Nc2cc(C)ccc2Cl)C(=O)c2ccc(C)cc2)c(=O)n1Cc1ccccc1.COCCCNC(=O)c1ccc2c(C=O)cccc2c1O.Cc1cc(=O)n2[nH]cnc2n1. The number of phenols is 1. The van der Waals surface area contributed by atoms with Gasteiger partial charge in [0.2, 0.25) is 0 Å². The molecule has 118 heavy (non-hydrogen) atoms. The van der Waals surface area contributed by atoms with Crippen molar-refractivity contribution in [3.63, 3.8) is 0 Å². The van der Waals surface area contributed by atoms with Crippen LogP contribution in [-0.4, -0.2) is 152 Å². The van der Waals surface area contributed by atoms with Crippen LogP contribution >= 0.6 is 23.2 Å². The highest BCUT2D eigenvalue weighted by Gasteiger charge is 2.36. The molecule has 34 heteroatoms. The number of hydrogen-bond acceptors (Lipinski definition) is 20. The van der Waals surface area contributed by atoms with Crippen LogP contribution in [0.4, 0.5) is 11.4 Å². The van der Waals surface area contributed by atoms with Crippen molar-refractivity contribution in [2.24, 2.45) is 0 Å². The van der Waals surface area contributed by atoms with Crippen molar-refractivity contribution in [1.82, 2.24) is 63.5 Å². The van der Waals surface area contributed by atoms with E-state index in [0.29, 0.717) is 105 Å². The number of fused-ring (bicyclic) bond motifs is 3. The molecule has 3 amide bonds. The number of unbranched alkanes of at least 4 members (excludes halogenated alkanes) is 3. The number of hydrogen-bond donors (Lipinski definition) is 7. The van der Waals surface area contributed by atoms with Crippen LogP contribution in [0.1, 0.15) is 154 Å². The number of H-pyrrole nitrogens is 2. The lowest BCUT2D eigenvalue weighted by Gasteiger charge is -2.21. The van der Waals surface area contributed by atoms with Gasteiger partial charge in [-0.05, 0) is 133 Å². The van der Waals surface area contributed by atoms with E-state index in [-0.39, 0.29) is 82.9 Å². The maximum atomic E-state index is 13.7. The quantitative estimate of drug-likeness (QED) is 0.00839. The minimum atomic E-state index is -1.96. The molecule has 5 aromatic heterocycles. The summed E-state index contributed by atoms with van der Waals surface area (Å²) in [6, 6.07) is 39.2. The molecule has 7 N–H and O–H groups in total. The number of amides is 3. The van der Waals surface area contributed by atoms with Crippen molar-refractivity contribution in [2.45, 2.75) is 132 Å². The highest BCUT2D eigenvalue weighted by Crippen LogP contribution is 2.34. The molecule has 0 aliphatic carbocycles. The van der Waals surface area contributed by atoms with Crippen LogP contribution in [0.2, 0.25) is 10.0 Å². The predicted octanol–water partition coefficient (Wildman–Crippen LogP) is 12.3. The van der Waals surface area contributed by atoms with Crippen molar-refractivity contribution in [1.29, 1.82) is 0 Å². The number of nitrogens with one attached hydrogen (secondary N) is 6. The average molecular weight is 1680 g/mol. The monoisotopic (exact) mass is 1670 g/mol. The standard InChI is InChI=1S/C34H47ClN6O6S.C28H27ClN4O5.C16H17NO4.C6H6N4O/c1-7-9-10-11-12-29(46-27-15-13-22(3)19-23(27)4)34(42)37-26-14-16-28(45-18-17-44-8-2)30(20-26)47-48(43)36-21-24(5)32-38-33-31(35)25(6)39-41(33)40-32;1-4-38-33-28(37)32(27(36)31(33)17-20-8-6-5-7-9-20)24(25(34)21-13-10-18(2)11-14-21)26(35)30-23-16-19(3)12-15-22(23)29;1-21-9-3-8-17-16(20)14-7-6-12-11(10-18)4-2-5-13(12)15(14)19;1-4-2-5(11)10-6(9-4)7-3-8-10/h13-16,19-20,24,29,36,39H,7-12,17-18,21H2,1-6H3,(H,37,42);5-16,24H,4,17H2,1-3H3,(H,30,35);2,4-7,10,19H,3,8-9H2,1H3,(H,17,20);2-3H,1H3,(H,7,8,9). The average Bonchev–Trinajstić information content (AvgIpc) is 1.61. The van der Waals surface area contributed by atoms with Crippen molar-refractivity contribution < 1.29 is 61.3 Å². The summed E-state index contributed by atoms with van der Waals surface area (Å²) in [5.74, 6) is -0.399. The molecule has 0 spiro atoms. The minimum absolute atomic E-state index is 0.0152. The number of nitrogens with zero attached hydrogens (tertiary/aromatic N) is 9. The highest BCUT2D eigenvalue weighted by molar-refractivity contribution is 7.78. The fraction of sp³-hybridized carbons (Fsp3) is 0.333. The van der Waals surface area contributed by atoms with Crippen LogP contribution in [0.25, 0.3) is 22.2 Å². The van der Waals surface area contributed by atoms with Gasteiger partial charge in [0.05, 0.1) is 35.1 Å². The smallest absolute Gasteiger partial charge is 0.382 e. The van der Waals surface area contributed by atoms with Gasteiger partial charge in [-0.15, -0.1) is 5.10 Å². The van der Waals surface area contributed by atoms with Crippen LogP contribution in [0.3, 0.4) is 0 Å². The summed E-state index contributed by atoms with van der Waals surface area (Å²) in [5, 5.41) is 30.5. The van der Waals surface area contributed by atoms with E-state index in [0.717, 1.165) is 75.0 Å². The molecule has 7 aromatic carbocycles. The lowest BCUT2D eigenvalue weighted by Crippen LogP contribution is -2.43. The lowest BCUT2D eigenvalue weighted by atomic mass is 10.0. The molecule has 5 heterocycles. The van der Waals surface area contributed by atoms with E-state index in [4.69, 9.17) is 51.2 Å². The number of aryl methyl sites for hydroxylation is 6. The second-order valence-corrected chi connectivity index (χ2v) is 29.1. The lowest BCUT2D eigenvalue weighted by molar-refractivity contribution is -0.123. The van der Waals surface area contributed by atoms with Gasteiger partial charge >= 0.3 is 11.4 Å². The number of aldehydes is 1. The summed E-state index contributed by atoms with van der Waals surface area (Å²) in [5.41, 5.74) is 6.09. The molecular formula is C84H97Cl2N15O16S. The van der Waals surface area contributed by atoms with Crippen LogP contribution in [0.5, 0.6) is 23.0 Å². The summed E-state index contributed by atoms with van der Waals surface area (Å²) in [4.78, 5) is 121. The first-order valence-electron chi connectivity index (χ1n) is 38.3. The molecular weight excluding hydrogens is 1580 g/mol. The third-order valence-corrected chi connectivity index (χ3v) is 19.7. The predicted molar refractivity (Wildman–Crippen MR) is 452 cm³/mol. The number of aromatic hydroxyl groups is 1. The fourth-order valence-corrected chi connectivity index (χ4v) is 13.1. The van der Waals surface area contributed by atoms with Gasteiger partial charge in [0.25, 0.3) is 40.3 Å². The fourth-order valence-electron chi connectivity index (χ4n) is 12.1. The first-order chi connectivity index (χ1) is 56.7. The van der Waals surface area contributed by atoms with Gasteiger partial charge in [0.1, 0.15) is 36.1 Å². The number of carbonyl (C=O) groups is 5. The second kappa shape index (κ2) is 43.8.